The molecule has 3 rings (SSSR count). The van der Waals surface area contributed by atoms with E-state index in [0.29, 0.717) is 24.7 Å². The lowest BCUT2D eigenvalue weighted by molar-refractivity contribution is 0.0666. The lowest BCUT2D eigenvalue weighted by Crippen LogP contribution is -2.43. The first-order chi connectivity index (χ1) is 10.7. The van der Waals surface area contributed by atoms with Gasteiger partial charge in [-0.15, -0.1) is 22.7 Å². The number of thiazole rings is 1. The molecular weight excluding hydrogens is 318 g/mol. The normalized spacial score (nSPS) is 18.2. The van der Waals surface area contributed by atoms with E-state index in [1.165, 1.54) is 22.7 Å². The van der Waals surface area contributed by atoms with Crippen molar-refractivity contribution in [2.45, 2.75) is 12.8 Å². The standard InChI is InChI=1S/C15H17N3O2S2/c19-14(13-4-2-6-22-13)16-7-11-3-1-5-18(8-11)15(20)12-9-21-10-17-12/h2,4,6,9-11H,1,3,5,7-8H2,(H,16,19)/t11-/m0/s1. The fraction of sp³-hybridized carbons (Fsp3) is 0.400. The van der Waals surface area contributed by atoms with Gasteiger partial charge in [0.05, 0.1) is 10.4 Å². The number of thiophene rings is 1. The molecule has 1 atom stereocenters. The van der Waals surface area contributed by atoms with E-state index in [2.05, 4.69) is 10.3 Å². The summed E-state index contributed by atoms with van der Waals surface area (Å²) in [5, 5.41) is 6.64. The van der Waals surface area contributed by atoms with Crippen LogP contribution in [0.1, 0.15) is 33.0 Å². The predicted molar refractivity (Wildman–Crippen MR) is 87.4 cm³/mol. The molecule has 116 valence electrons. The van der Waals surface area contributed by atoms with E-state index >= 15 is 0 Å². The smallest absolute Gasteiger partial charge is 0.273 e. The number of carbonyl (C=O) groups is 2. The average molecular weight is 335 g/mol. The van der Waals surface area contributed by atoms with Gasteiger partial charge in [0, 0.05) is 25.0 Å². The topological polar surface area (TPSA) is 62.3 Å². The summed E-state index contributed by atoms with van der Waals surface area (Å²) >= 11 is 2.87. The molecule has 2 aromatic rings. The number of rotatable bonds is 4. The van der Waals surface area contributed by atoms with Gasteiger partial charge in [-0.05, 0) is 30.2 Å². The van der Waals surface area contributed by atoms with Gasteiger partial charge in [-0.3, -0.25) is 9.59 Å². The summed E-state index contributed by atoms with van der Waals surface area (Å²) in [7, 11) is 0. The van der Waals surface area contributed by atoms with E-state index in [1.54, 1.807) is 10.9 Å². The van der Waals surface area contributed by atoms with Crippen LogP contribution in [0.4, 0.5) is 0 Å². The number of nitrogens with one attached hydrogen (secondary N) is 1. The van der Waals surface area contributed by atoms with Gasteiger partial charge in [0.1, 0.15) is 5.69 Å². The molecule has 5 nitrogen and oxygen atoms in total. The number of aromatic nitrogens is 1. The van der Waals surface area contributed by atoms with Crippen molar-refractivity contribution in [3.63, 3.8) is 0 Å². The molecule has 0 aromatic carbocycles. The van der Waals surface area contributed by atoms with E-state index in [-0.39, 0.29) is 11.8 Å². The molecule has 0 spiro atoms. The Morgan fingerprint density at radius 2 is 2.36 bits per heavy atom. The Morgan fingerprint density at radius 3 is 3.09 bits per heavy atom. The number of piperidine rings is 1. The molecule has 0 saturated carbocycles. The Kier molecular flexibility index (Phi) is 4.84. The zero-order valence-electron chi connectivity index (χ0n) is 12.0. The summed E-state index contributed by atoms with van der Waals surface area (Å²) in [6, 6.07) is 3.69. The Labute approximate surface area is 137 Å². The molecule has 22 heavy (non-hydrogen) atoms. The van der Waals surface area contributed by atoms with Gasteiger partial charge in [-0.2, -0.15) is 0 Å². The van der Waals surface area contributed by atoms with Crippen LogP contribution < -0.4 is 5.32 Å². The summed E-state index contributed by atoms with van der Waals surface area (Å²) in [4.78, 5) is 30.9. The van der Waals surface area contributed by atoms with Crippen LogP contribution in [0, 0.1) is 5.92 Å². The fourth-order valence-electron chi connectivity index (χ4n) is 2.63. The molecule has 0 radical (unpaired) electrons. The monoisotopic (exact) mass is 335 g/mol. The van der Waals surface area contributed by atoms with Crippen molar-refractivity contribution in [3.8, 4) is 0 Å². The largest absolute Gasteiger partial charge is 0.351 e. The lowest BCUT2D eigenvalue weighted by Gasteiger charge is -2.32. The van der Waals surface area contributed by atoms with Crippen molar-refractivity contribution in [1.82, 2.24) is 15.2 Å². The summed E-state index contributed by atoms with van der Waals surface area (Å²) < 4.78 is 0. The number of likely N-dealkylation sites (tertiary alicyclic amines) is 1. The second-order valence-corrected chi connectivity index (χ2v) is 6.99. The second-order valence-electron chi connectivity index (χ2n) is 5.32. The van der Waals surface area contributed by atoms with Gasteiger partial charge in [0.25, 0.3) is 11.8 Å². The Balaban J connectivity index is 1.52. The molecule has 1 aliphatic heterocycles. The van der Waals surface area contributed by atoms with Crippen molar-refractivity contribution in [2.24, 2.45) is 5.92 Å². The maximum Gasteiger partial charge on any atom is 0.273 e. The minimum absolute atomic E-state index is 0.00414. The highest BCUT2D eigenvalue weighted by Gasteiger charge is 2.25. The zero-order chi connectivity index (χ0) is 15.4. The summed E-state index contributed by atoms with van der Waals surface area (Å²) in [6.45, 7) is 2.06. The van der Waals surface area contributed by atoms with Crippen LogP contribution in [-0.2, 0) is 0 Å². The van der Waals surface area contributed by atoms with Crippen LogP contribution in [0.25, 0.3) is 0 Å². The predicted octanol–water partition coefficient (Wildman–Crippen LogP) is 2.49. The van der Waals surface area contributed by atoms with Crippen molar-refractivity contribution in [3.05, 3.63) is 39.0 Å². The van der Waals surface area contributed by atoms with Gasteiger partial charge < -0.3 is 10.2 Å². The van der Waals surface area contributed by atoms with Gasteiger partial charge in [0.2, 0.25) is 0 Å². The molecule has 1 fully saturated rings. The molecule has 1 aliphatic rings. The first-order valence-corrected chi connectivity index (χ1v) is 9.05. The third-order valence-corrected chi connectivity index (χ3v) is 5.21. The Bertz CT molecular complexity index is 625. The van der Waals surface area contributed by atoms with Gasteiger partial charge >= 0.3 is 0 Å². The molecule has 3 heterocycles. The third-order valence-electron chi connectivity index (χ3n) is 3.75. The van der Waals surface area contributed by atoms with Crippen LogP contribution in [0.3, 0.4) is 0 Å². The fourth-order valence-corrected chi connectivity index (χ4v) is 3.79. The molecule has 0 unspecified atom stereocenters. The highest BCUT2D eigenvalue weighted by molar-refractivity contribution is 7.12. The van der Waals surface area contributed by atoms with E-state index in [1.807, 2.05) is 22.4 Å². The minimum Gasteiger partial charge on any atom is -0.351 e. The SMILES string of the molecule is O=C(NC[C@@H]1CCCN(C(=O)c2cscn2)C1)c1cccs1. The highest BCUT2D eigenvalue weighted by atomic mass is 32.1. The third kappa shape index (κ3) is 3.53. The summed E-state index contributed by atoms with van der Waals surface area (Å²) in [5.74, 6) is 0.272. The molecule has 1 N–H and O–H groups in total. The van der Waals surface area contributed by atoms with Crippen molar-refractivity contribution < 1.29 is 9.59 Å². The Hall–Kier alpha value is -1.73. The first-order valence-electron chi connectivity index (χ1n) is 7.23. The van der Waals surface area contributed by atoms with Crippen LogP contribution >= 0.6 is 22.7 Å². The maximum atomic E-state index is 12.3. The summed E-state index contributed by atoms with van der Waals surface area (Å²) in [6.07, 6.45) is 2.00. The van der Waals surface area contributed by atoms with Crippen molar-refractivity contribution in [1.29, 1.82) is 0 Å². The number of hydrogen-bond donors (Lipinski definition) is 1. The molecule has 0 aliphatic carbocycles. The molecule has 7 heteroatoms. The lowest BCUT2D eigenvalue weighted by atomic mass is 9.97. The maximum absolute atomic E-state index is 12.3. The van der Waals surface area contributed by atoms with Crippen molar-refractivity contribution >= 4 is 34.5 Å². The number of amides is 2. The zero-order valence-corrected chi connectivity index (χ0v) is 13.7. The molecule has 2 amide bonds. The van der Waals surface area contributed by atoms with Crippen LogP contribution in [0.5, 0.6) is 0 Å². The average Bonchev–Trinajstić information content (AvgIpc) is 3.25. The molecule has 1 saturated heterocycles. The van der Waals surface area contributed by atoms with Crippen molar-refractivity contribution in [2.75, 3.05) is 19.6 Å². The van der Waals surface area contributed by atoms with Crippen LogP contribution in [-0.4, -0.2) is 41.3 Å². The van der Waals surface area contributed by atoms with E-state index < -0.39 is 0 Å². The van der Waals surface area contributed by atoms with Gasteiger partial charge in [0.15, 0.2) is 0 Å². The first kappa shape index (κ1) is 15.2. The molecule has 2 aromatic heterocycles. The molecular formula is C15H17N3O2S2. The molecule has 0 bridgehead atoms. The second kappa shape index (κ2) is 7.02. The highest BCUT2D eigenvalue weighted by Crippen LogP contribution is 2.18. The number of hydrogen-bond acceptors (Lipinski definition) is 5. The van der Waals surface area contributed by atoms with E-state index in [9.17, 15) is 9.59 Å². The van der Waals surface area contributed by atoms with E-state index in [4.69, 9.17) is 0 Å². The van der Waals surface area contributed by atoms with Gasteiger partial charge in [-0.1, -0.05) is 6.07 Å². The van der Waals surface area contributed by atoms with E-state index in [0.717, 1.165) is 24.3 Å². The van der Waals surface area contributed by atoms with Crippen LogP contribution in [0.2, 0.25) is 0 Å². The van der Waals surface area contributed by atoms with Crippen LogP contribution in [0.15, 0.2) is 28.4 Å². The number of nitrogens with zero attached hydrogens (tertiary/aromatic N) is 2. The summed E-state index contributed by atoms with van der Waals surface area (Å²) in [5.41, 5.74) is 2.20. The van der Waals surface area contributed by atoms with Gasteiger partial charge in [-0.25, -0.2) is 4.98 Å². The number of carbonyl (C=O) groups excluding carboxylic acids is 2. The minimum atomic E-state index is -0.0297. The quantitative estimate of drug-likeness (QED) is 0.934. The Morgan fingerprint density at radius 1 is 1.45 bits per heavy atom.